The second-order valence-electron chi connectivity index (χ2n) is 35.1. The van der Waals surface area contributed by atoms with E-state index in [0.29, 0.717) is 17.8 Å². The van der Waals surface area contributed by atoms with E-state index in [4.69, 9.17) is 43.0 Å². The molecule has 12 heterocycles. The number of ether oxygens (including phenoxy) is 3. The Morgan fingerprint density at radius 1 is 0.436 bits per heavy atom. The number of likely N-dealkylation sites (N-methyl/N-ethyl adjacent to an activating group) is 3. The van der Waals surface area contributed by atoms with Gasteiger partial charge in [-0.1, -0.05) is 52.1 Å². The topological polar surface area (TPSA) is 302 Å². The van der Waals surface area contributed by atoms with Crippen LogP contribution in [0.25, 0.3) is 66.5 Å². The number of halogens is 16. The largest absolute Gasteiger partial charge is 0.462 e. The van der Waals surface area contributed by atoms with Crippen molar-refractivity contribution in [2.24, 2.45) is 17.8 Å². The van der Waals surface area contributed by atoms with E-state index in [0.717, 1.165) is 83.1 Å². The Morgan fingerprint density at radius 2 is 0.722 bits per heavy atom. The van der Waals surface area contributed by atoms with Gasteiger partial charge in [-0.05, 0) is 165 Å². The van der Waals surface area contributed by atoms with Crippen molar-refractivity contribution in [1.29, 1.82) is 0 Å². The van der Waals surface area contributed by atoms with Crippen LogP contribution < -0.4 is 46.1 Å². The number of anilines is 6. The molecule has 6 aliphatic heterocycles. The zero-order chi connectivity index (χ0) is 97.1. The number of benzene rings is 3. The van der Waals surface area contributed by atoms with Gasteiger partial charge >= 0.3 is 36.6 Å². The highest BCUT2D eigenvalue weighted by Crippen LogP contribution is 2.49. The van der Waals surface area contributed by atoms with Crippen molar-refractivity contribution >= 4 is 96.9 Å². The number of hydrogen-bond acceptors (Lipinski definition) is 24. The molecule has 43 heteroatoms. The van der Waals surface area contributed by atoms with Gasteiger partial charge in [0, 0.05) is 131 Å². The third-order valence-electron chi connectivity index (χ3n) is 24.9. The first kappa shape index (κ1) is 98.6. The molecule has 9 aromatic rings. The Hall–Kier alpha value is -11.9. The number of rotatable bonds is 18. The Morgan fingerprint density at radius 3 is 1.00 bits per heavy atom. The number of aryl methyl sites for hydroxylation is 3. The molecule has 6 aliphatic rings. The second kappa shape index (κ2) is 39.0. The lowest BCUT2D eigenvalue weighted by Gasteiger charge is -2.40. The first-order valence-electron chi connectivity index (χ1n) is 42.8. The molecule has 9 atom stereocenters. The van der Waals surface area contributed by atoms with E-state index in [2.05, 4.69) is 100 Å². The van der Waals surface area contributed by atoms with Crippen molar-refractivity contribution in [3.63, 3.8) is 0 Å². The zero-order valence-electron chi connectivity index (χ0n) is 74.9. The first-order chi connectivity index (χ1) is 62.4. The summed E-state index contributed by atoms with van der Waals surface area (Å²) in [6.45, 7) is 30.6. The number of alkyl halides is 9. The van der Waals surface area contributed by atoms with Gasteiger partial charge < -0.3 is 60.8 Å². The normalized spacial score (nSPS) is 21.2. The molecular weight excluding hydrogens is 1790 g/mol. The molecule has 6 N–H and O–H groups in total. The number of hydrogen-bond donors (Lipinski definition) is 3. The highest BCUT2D eigenvalue weighted by Gasteiger charge is 2.45. The molecule has 0 spiro atoms. The van der Waals surface area contributed by atoms with Gasteiger partial charge in [0.05, 0.1) is 55.5 Å². The predicted octanol–water partition coefficient (Wildman–Crippen LogP) is 15.3. The van der Waals surface area contributed by atoms with Crippen LogP contribution in [0.1, 0.15) is 94.2 Å². The van der Waals surface area contributed by atoms with Gasteiger partial charge in [-0.3, -0.25) is 29.1 Å². The Labute approximate surface area is 761 Å². The van der Waals surface area contributed by atoms with E-state index in [1.54, 1.807) is 31.4 Å². The summed E-state index contributed by atoms with van der Waals surface area (Å²) in [4.78, 5) is 90.7. The van der Waals surface area contributed by atoms with Gasteiger partial charge in [0.15, 0.2) is 23.3 Å². The fraction of sp³-hybridized carbons (Fsp3) is 0.467. The summed E-state index contributed by atoms with van der Waals surface area (Å²) in [5.41, 5.74) is 6.05. The SMILES string of the molecule is C=C(F)C(=O)N1CCN(c2nc(OCC3CC(C)CN3C)nc3c(F)c(-c4nc(N)cc(C)c4C(F)(F)F)c(Cl)cc23)C(C)C1.C=CC(=O)N1CCN(c2nc(OC[C@@H]3C[C@@H](C)CN3C)nc3c(F)c(-c4nc(N)cc(C)c4C(F)(F)F)c(F)cc23)[C@@H](C)C1.C=CC(=O)N1CCN(c2nc(OC[C@@H]3C[C@@H](C)CN3C)nc3c(F)c(-c4nc(N)cc(C)c4C(F)(F)F)c(F)cc23)[C@@H](C)C1. The molecule has 133 heavy (non-hydrogen) atoms. The quantitative estimate of drug-likeness (QED) is 0.0531. The Bertz CT molecular complexity index is 5800. The summed E-state index contributed by atoms with van der Waals surface area (Å²) < 4.78 is 240. The van der Waals surface area contributed by atoms with Crippen LogP contribution in [0.5, 0.6) is 18.0 Å². The average molecular weight is 1890 g/mol. The van der Waals surface area contributed by atoms with Gasteiger partial charge in [0.1, 0.15) is 82.9 Å². The number of carbonyl (C=O) groups excluding carboxylic acids is 3. The minimum atomic E-state index is -4.97. The number of fused-ring (bicyclic) bond motifs is 3. The van der Waals surface area contributed by atoms with Crippen LogP contribution in [0, 0.1) is 67.6 Å². The second-order valence-corrected chi connectivity index (χ2v) is 35.5. The van der Waals surface area contributed by atoms with Crippen LogP contribution in [0.15, 0.2) is 74.1 Å². The maximum absolute atomic E-state index is 16.6. The molecule has 6 fully saturated rings. The molecule has 15 rings (SSSR count). The highest BCUT2D eigenvalue weighted by molar-refractivity contribution is 6.34. The van der Waals surface area contributed by atoms with Gasteiger partial charge in [-0.25, -0.2) is 41.3 Å². The minimum Gasteiger partial charge on any atom is -0.462 e. The number of aromatic nitrogens is 9. The molecule has 0 radical (unpaired) electrons. The molecule has 27 nitrogen and oxygen atoms in total. The summed E-state index contributed by atoms with van der Waals surface area (Å²) in [5.74, 6) is -7.97. The van der Waals surface area contributed by atoms with Gasteiger partial charge in [-0.15, -0.1) is 0 Å². The summed E-state index contributed by atoms with van der Waals surface area (Å²) in [6.07, 6.45) is -9.83. The molecule has 0 bridgehead atoms. The van der Waals surface area contributed by atoms with E-state index < -0.39 is 127 Å². The first-order valence-corrected chi connectivity index (χ1v) is 43.2. The van der Waals surface area contributed by atoms with Crippen LogP contribution in [0.2, 0.25) is 5.02 Å². The third-order valence-corrected chi connectivity index (χ3v) is 25.2. The Balaban J connectivity index is 0.000000169. The van der Waals surface area contributed by atoms with Gasteiger partial charge in [0.25, 0.3) is 5.91 Å². The van der Waals surface area contributed by atoms with E-state index >= 15 is 22.0 Å². The maximum atomic E-state index is 16.6. The average Bonchev–Trinajstić information content (AvgIpc) is 0.992. The molecule has 714 valence electrons. The van der Waals surface area contributed by atoms with Crippen molar-refractivity contribution in [2.75, 3.05) is 151 Å². The van der Waals surface area contributed by atoms with Gasteiger partial charge in [0.2, 0.25) is 11.8 Å². The maximum Gasteiger partial charge on any atom is 0.418 e. The molecule has 3 unspecified atom stereocenters. The molecule has 6 aromatic heterocycles. The van der Waals surface area contributed by atoms with Crippen LogP contribution in [0.3, 0.4) is 0 Å². The summed E-state index contributed by atoms with van der Waals surface area (Å²) >= 11 is 6.53. The molecule has 6 saturated heterocycles. The van der Waals surface area contributed by atoms with E-state index in [9.17, 15) is 58.3 Å². The van der Waals surface area contributed by atoms with Crippen LogP contribution in [0.4, 0.5) is 101 Å². The summed E-state index contributed by atoms with van der Waals surface area (Å²) in [7, 11) is 5.89. The van der Waals surface area contributed by atoms with E-state index in [-0.39, 0.29) is 217 Å². The van der Waals surface area contributed by atoms with Gasteiger partial charge in [-0.2, -0.15) is 69.4 Å². The highest BCUT2D eigenvalue weighted by atomic mass is 35.5. The Kier molecular flexibility index (Phi) is 28.9. The van der Waals surface area contributed by atoms with Crippen LogP contribution >= 0.6 is 11.6 Å². The standard InChI is InChI=1S/C30H33ClF5N7O2.2C30H34F5N7O2/c1-14-8-18(41(5)11-14)13-45-29-39-25-19(27(40-29)43-7-6-42(12-16(43)3)28(44)17(4)32)10-20(31)22(24(25)33)26-23(30(34,35)36)15(2)9-21(37)38-26;2*1-6-22(43)41-7-8-42(17(4)13-41)28-19-11-20(31)23(27-24(30(33,34)35)16(3)10-21(36)37-27)25(32)26(19)38-29(39-28)44-14-18-9-15(2)12-40(18)5/h9-10,14,16,18H,4,6-8,11-13H2,1-3,5H3,(H2,37,38);2*6,10-11,15,17-18H,1,7-9,12-14H2,2-5H3,(H2,36,37)/t;2*15-,17+,18+/m.11/s1. The lowest BCUT2D eigenvalue weighted by molar-refractivity contribution is -0.138. The number of likely N-dealkylation sites (tertiary alicyclic amines) is 3. The molecule has 0 aliphatic carbocycles. The van der Waals surface area contributed by atoms with Crippen molar-refractivity contribution < 1.29 is 94.5 Å². The number of nitrogen functional groups attached to an aromatic ring is 3. The lowest BCUT2D eigenvalue weighted by Crippen LogP contribution is -2.54. The molecule has 0 saturated carbocycles. The molecular formula is C90H101ClF15N21O6. The lowest BCUT2D eigenvalue weighted by atomic mass is 9.98. The van der Waals surface area contributed by atoms with E-state index in [1.165, 1.54) is 30.0 Å². The predicted molar refractivity (Wildman–Crippen MR) is 473 cm³/mol. The van der Waals surface area contributed by atoms with Crippen molar-refractivity contribution in [1.82, 2.24) is 74.3 Å². The van der Waals surface area contributed by atoms with Crippen molar-refractivity contribution in [3.05, 3.63) is 142 Å². The fourth-order valence-corrected chi connectivity index (χ4v) is 19.0. The molecule has 3 aromatic carbocycles. The number of carbonyl (C=O) groups is 3. The number of nitrogens with zero attached hydrogens (tertiary/aromatic N) is 18. The van der Waals surface area contributed by atoms with Crippen LogP contribution in [-0.4, -0.2) is 248 Å². The van der Waals surface area contributed by atoms with Crippen molar-refractivity contribution in [2.45, 2.75) is 136 Å². The smallest absolute Gasteiger partial charge is 0.418 e. The minimum absolute atomic E-state index is 0.0440. The van der Waals surface area contributed by atoms with Crippen LogP contribution in [-0.2, 0) is 32.9 Å². The summed E-state index contributed by atoms with van der Waals surface area (Å²) in [5, 5.41) is -0.381. The monoisotopic (exact) mass is 1890 g/mol. The number of amides is 3. The number of piperazine rings is 3. The molecule has 3 amide bonds. The zero-order valence-corrected chi connectivity index (χ0v) is 75.7. The van der Waals surface area contributed by atoms with Crippen molar-refractivity contribution in [3.8, 4) is 51.8 Å². The third kappa shape index (κ3) is 20.7. The van der Waals surface area contributed by atoms with E-state index in [1.807, 2.05) is 35.0 Å². The number of nitrogens with two attached hydrogens (primary N) is 3. The number of pyridine rings is 3. The fourth-order valence-electron chi connectivity index (χ4n) is 18.7. The summed E-state index contributed by atoms with van der Waals surface area (Å²) in [6, 6.07) is 4.55.